The van der Waals surface area contributed by atoms with Crippen LogP contribution in [0.1, 0.15) is 46.1 Å². The van der Waals surface area contributed by atoms with Crippen LogP contribution < -0.4 is 9.80 Å². The van der Waals surface area contributed by atoms with Gasteiger partial charge in [-0.1, -0.05) is 0 Å². The number of anilines is 2. The molecule has 2 aliphatic heterocycles. The molecule has 0 N–H and O–H groups in total. The maximum absolute atomic E-state index is 14.0. The average molecular weight is 531 g/mol. The van der Waals surface area contributed by atoms with E-state index in [0.29, 0.717) is 18.9 Å². The summed E-state index contributed by atoms with van der Waals surface area (Å²) >= 11 is 0. The van der Waals surface area contributed by atoms with Crippen molar-refractivity contribution < 1.29 is 37.2 Å². The summed E-state index contributed by atoms with van der Waals surface area (Å²) in [6.07, 6.45) is -4.70. The Morgan fingerprint density at radius 3 is 2.05 bits per heavy atom. The molecule has 0 unspecified atom stereocenters. The summed E-state index contributed by atoms with van der Waals surface area (Å²) in [5.41, 5.74) is -2.53. The first-order valence-electron chi connectivity index (χ1n) is 12.3. The molecule has 2 saturated heterocycles. The number of esters is 1. The number of ether oxygens (including phenoxy) is 2. The molecule has 0 atom stereocenters. The Bertz CT molecular complexity index is 1010. The first-order chi connectivity index (χ1) is 17.2. The van der Waals surface area contributed by atoms with Crippen molar-refractivity contribution in [3.8, 4) is 0 Å². The molecule has 0 aliphatic carbocycles. The van der Waals surface area contributed by atoms with Gasteiger partial charge in [0.05, 0.1) is 28.7 Å². The maximum atomic E-state index is 14.0. The second-order valence-corrected chi connectivity index (χ2v) is 10.1. The van der Waals surface area contributed by atoms with Crippen molar-refractivity contribution in [2.45, 2.75) is 52.3 Å². The zero-order valence-corrected chi connectivity index (χ0v) is 21.5. The van der Waals surface area contributed by atoms with Crippen LogP contribution in [0.3, 0.4) is 0 Å². The minimum atomic E-state index is -4.81. The molecule has 10 nitrogen and oxygen atoms in total. The number of halogens is 3. The fourth-order valence-electron chi connectivity index (χ4n) is 4.53. The number of piperazine rings is 1. The molecule has 0 saturated carbocycles. The number of alkyl halides is 3. The average Bonchev–Trinajstić information content (AvgIpc) is 2.82. The second kappa shape index (κ2) is 11.0. The normalized spacial score (nSPS) is 17.5. The second-order valence-electron chi connectivity index (χ2n) is 10.1. The van der Waals surface area contributed by atoms with E-state index >= 15 is 0 Å². The Labute approximate surface area is 213 Å². The lowest BCUT2D eigenvalue weighted by Crippen LogP contribution is -2.50. The molecule has 2 aliphatic rings. The number of carbonyl (C=O) groups excluding carboxylic acids is 2. The fourth-order valence-corrected chi connectivity index (χ4v) is 4.53. The molecule has 0 bridgehead atoms. The lowest BCUT2D eigenvalue weighted by Gasteiger charge is -2.38. The van der Waals surface area contributed by atoms with E-state index in [4.69, 9.17) is 9.47 Å². The zero-order chi connectivity index (χ0) is 27.5. The molecule has 1 aromatic carbocycles. The number of nitro groups is 1. The Hall–Kier alpha value is -3.25. The van der Waals surface area contributed by atoms with Gasteiger partial charge in [0.25, 0.3) is 5.69 Å². The maximum Gasteiger partial charge on any atom is 0.418 e. The molecule has 0 aromatic heterocycles. The number of benzene rings is 1. The van der Waals surface area contributed by atoms with Crippen molar-refractivity contribution in [3.63, 3.8) is 0 Å². The number of hydrogen-bond acceptors (Lipinski definition) is 8. The fraction of sp³-hybridized carbons (Fsp3) is 0.667. The topological polar surface area (TPSA) is 105 Å². The third-order valence-electron chi connectivity index (χ3n) is 6.32. The van der Waals surface area contributed by atoms with E-state index in [1.807, 2.05) is 0 Å². The number of nitro benzene ring substituents is 1. The zero-order valence-electron chi connectivity index (χ0n) is 21.5. The number of carbonyl (C=O) groups is 2. The molecule has 1 aromatic rings. The Morgan fingerprint density at radius 2 is 1.57 bits per heavy atom. The van der Waals surface area contributed by atoms with Gasteiger partial charge in [0, 0.05) is 45.3 Å². The van der Waals surface area contributed by atoms with Crippen LogP contribution in [0.5, 0.6) is 0 Å². The Balaban J connectivity index is 1.87. The molecular weight excluding hydrogens is 497 g/mol. The van der Waals surface area contributed by atoms with Crippen LogP contribution in [-0.2, 0) is 20.4 Å². The van der Waals surface area contributed by atoms with Crippen LogP contribution in [0.4, 0.5) is 35.0 Å². The van der Waals surface area contributed by atoms with Gasteiger partial charge in [-0.25, -0.2) is 4.79 Å². The van der Waals surface area contributed by atoms with Crippen molar-refractivity contribution in [2.75, 3.05) is 55.7 Å². The Kier molecular flexibility index (Phi) is 8.43. The summed E-state index contributed by atoms with van der Waals surface area (Å²) in [5.74, 6) is -0.769. The number of piperidine rings is 1. The SMILES string of the molecule is CCOC(=O)C1CCN(c2cc(N3CCN(C(=O)OC(C)(C)C)CC3)c([N+](=O)[O-])cc2C(F)(F)F)CC1. The quantitative estimate of drug-likeness (QED) is 0.312. The van der Waals surface area contributed by atoms with E-state index in [2.05, 4.69) is 0 Å². The van der Waals surface area contributed by atoms with Crippen molar-refractivity contribution in [1.82, 2.24) is 4.90 Å². The van der Waals surface area contributed by atoms with Gasteiger partial charge in [0.15, 0.2) is 0 Å². The molecule has 2 fully saturated rings. The third kappa shape index (κ3) is 6.95. The number of hydrogen-bond donors (Lipinski definition) is 0. The van der Waals surface area contributed by atoms with Gasteiger partial charge in [-0.3, -0.25) is 14.9 Å². The Morgan fingerprint density at radius 1 is 1.00 bits per heavy atom. The summed E-state index contributed by atoms with van der Waals surface area (Å²) in [4.78, 5) is 40.0. The van der Waals surface area contributed by atoms with E-state index in [1.54, 1.807) is 32.6 Å². The summed E-state index contributed by atoms with van der Waals surface area (Å²) in [6, 6.07) is 1.80. The van der Waals surface area contributed by atoms with E-state index in [1.165, 1.54) is 15.9 Å². The van der Waals surface area contributed by atoms with Gasteiger partial charge in [-0.05, 0) is 46.6 Å². The molecule has 0 spiro atoms. The van der Waals surface area contributed by atoms with Crippen LogP contribution >= 0.6 is 0 Å². The van der Waals surface area contributed by atoms with Crippen molar-refractivity contribution in [3.05, 3.63) is 27.8 Å². The van der Waals surface area contributed by atoms with Crippen LogP contribution in [0.25, 0.3) is 0 Å². The minimum absolute atomic E-state index is 0.0596. The van der Waals surface area contributed by atoms with Crippen molar-refractivity contribution in [2.24, 2.45) is 5.92 Å². The molecule has 206 valence electrons. The lowest BCUT2D eigenvalue weighted by atomic mass is 9.95. The van der Waals surface area contributed by atoms with Gasteiger partial charge in [0.1, 0.15) is 11.3 Å². The van der Waals surface area contributed by atoms with Gasteiger partial charge >= 0.3 is 18.2 Å². The number of nitrogens with zero attached hydrogens (tertiary/aromatic N) is 4. The lowest BCUT2D eigenvalue weighted by molar-refractivity contribution is -0.384. The largest absolute Gasteiger partial charge is 0.466 e. The highest BCUT2D eigenvalue weighted by atomic mass is 19.4. The predicted molar refractivity (Wildman–Crippen MR) is 130 cm³/mol. The first kappa shape index (κ1) is 28.3. The van der Waals surface area contributed by atoms with Crippen molar-refractivity contribution in [1.29, 1.82) is 0 Å². The number of amides is 1. The van der Waals surface area contributed by atoms with E-state index < -0.39 is 40.0 Å². The highest BCUT2D eigenvalue weighted by Crippen LogP contribution is 2.44. The number of rotatable bonds is 5. The summed E-state index contributed by atoms with van der Waals surface area (Å²) in [5, 5.41) is 11.8. The first-order valence-corrected chi connectivity index (χ1v) is 12.3. The van der Waals surface area contributed by atoms with E-state index in [0.717, 1.165) is 0 Å². The smallest absolute Gasteiger partial charge is 0.418 e. The minimum Gasteiger partial charge on any atom is -0.466 e. The highest BCUT2D eigenvalue weighted by molar-refractivity contribution is 5.76. The van der Waals surface area contributed by atoms with E-state index in [-0.39, 0.29) is 63.2 Å². The molecular formula is C24H33F3N4O6. The van der Waals surface area contributed by atoms with Gasteiger partial charge in [0.2, 0.25) is 0 Å². The molecule has 37 heavy (non-hydrogen) atoms. The molecule has 13 heteroatoms. The summed E-state index contributed by atoms with van der Waals surface area (Å²) in [7, 11) is 0. The molecule has 3 rings (SSSR count). The van der Waals surface area contributed by atoms with E-state index in [9.17, 15) is 32.9 Å². The van der Waals surface area contributed by atoms with Gasteiger partial charge < -0.3 is 24.2 Å². The summed E-state index contributed by atoms with van der Waals surface area (Å²) in [6.45, 7) is 8.27. The molecule has 1 amide bonds. The van der Waals surface area contributed by atoms with Gasteiger partial charge in [-0.2, -0.15) is 13.2 Å². The highest BCUT2D eigenvalue weighted by Gasteiger charge is 2.40. The standard InChI is InChI=1S/C24H33F3N4O6/c1-5-36-21(32)16-6-8-28(9-7-16)18-15-19(20(31(34)35)14-17(18)24(25,26)27)29-10-12-30(13-11-29)22(33)37-23(2,3)4/h14-16H,5-13H2,1-4H3. The van der Waals surface area contributed by atoms with Crippen LogP contribution in [-0.4, -0.2) is 73.4 Å². The van der Waals surface area contributed by atoms with Crippen LogP contribution in [0, 0.1) is 16.0 Å². The third-order valence-corrected chi connectivity index (χ3v) is 6.32. The van der Waals surface area contributed by atoms with Crippen molar-refractivity contribution >= 4 is 29.1 Å². The molecule has 0 radical (unpaired) electrons. The monoisotopic (exact) mass is 530 g/mol. The molecule has 2 heterocycles. The van der Waals surface area contributed by atoms with Crippen LogP contribution in [0.2, 0.25) is 0 Å². The van der Waals surface area contributed by atoms with Crippen LogP contribution in [0.15, 0.2) is 12.1 Å². The van der Waals surface area contributed by atoms with Gasteiger partial charge in [-0.15, -0.1) is 0 Å². The summed E-state index contributed by atoms with van der Waals surface area (Å²) < 4.78 is 52.4. The predicted octanol–water partition coefficient (Wildman–Crippen LogP) is 4.45.